The van der Waals surface area contributed by atoms with Crippen molar-refractivity contribution >= 4 is 33.0 Å². The number of hydrogen-bond acceptors (Lipinski definition) is 4. The molecule has 1 heterocycles. The van der Waals surface area contributed by atoms with Crippen molar-refractivity contribution in [3.8, 4) is 0 Å². The van der Waals surface area contributed by atoms with Gasteiger partial charge in [0.15, 0.2) is 5.11 Å². The summed E-state index contributed by atoms with van der Waals surface area (Å²) in [7, 11) is -0.444. The Balaban J connectivity index is 1.96. The molecule has 1 aromatic rings. The van der Waals surface area contributed by atoms with Crippen molar-refractivity contribution < 1.29 is 13.2 Å². The fourth-order valence-corrected chi connectivity index (χ4v) is 3.28. The molecule has 0 aromatic heterocycles. The standard InChI is InChI=1S/C14H21N3O3S2/c1-17(2)22(18,19)13-7-3-5-11(9-13)16-14(21)15-10-12-6-4-8-20-12/h3,5,7,9,12H,4,6,8,10H2,1-2H3,(H2,15,16,21)/t12-/m1/s1. The third-order valence-electron chi connectivity index (χ3n) is 3.38. The molecule has 122 valence electrons. The molecular formula is C14H21N3O3S2. The monoisotopic (exact) mass is 343 g/mol. The molecule has 1 atom stereocenters. The number of nitrogens with one attached hydrogen (secondary N) is 2. The summed E-state index contributed by atoms with van der Waals surface area (Å²) in [5.41, 5.74) is 0.632. The highest BCUT2D eigenvalue weighted by molar-refractivity contribution is 7.89. The van der Waals surface area contributed by atoms with E-state index in [4.69, 9.17) is 17.0 Å². The van der Waals surface area contributed by atoms with Crippen LogP contribution in [0.2, 0.25) is 0 Å². The predicted octanol–water partition coefficient (Wildman–Crippen LogP) is 1.40. The normalized spacial score (nSPS) is 18.4. The summed E-state index contributed by atoms with van der Waals surface area (Å²) in [4.78, 5) is 0.226. The van der Waals surface area contributed by atoms with Gasteiger partial charge < -0.3 is 15.4 Å². The second-order valence-corrected chi connectivity index (χ2v) is 7.85. The van der Waals surface area contributed by atoms with E-state index in [2.05, 4.69) is 10.6 Å². The van der Waals surface area contributed by atoms with E-state index in [0.717, 1.165) is 19.4 Å². The van der Waals surface area contributed by atoms with Crippen LogP contribution in [0.4, 0.5) is 5.69 Å². The topological polar surface area (TPSA) is 70.7 Å². The molecule has 0 radical (unpaired) electrons. The quantitative estimate of drug-likeness (QED) is 0.788. The molecule has 1 aliphatic heterocycles. The molecule has 22 heavy (non-hydrogen) atoms. The molecular weight excluding hydrogens is 322 g/mol. The van der Waals surface area contributed by atoms with Crippen LogP contribution in [-0.2, 0) is 14.8 Å². The highest BCUT2D eigenvalue weighted by Crippen LogP contribution is 2.18. The number of rotatable bonds is 5. The Morgan fingerprint density at radius 3 is 2.86 bits per heavy atom. The molecule has 6 nitrogen and oxygen atoms in total. The van der Waals surface area contributed by atoms with Crippen molar-refractivity contribution in [2.75, 3.05) is 32.6 Å². The molecule has 2 N–H and O–H groups in total. The molecule has 1 fully saturated rings. The Morgan fingerprint density at radius 1 is 1.45 bits per heavy atom. The Labute approximate surface area is 136 Å². The van der Waals surface area contributed by atoms with Crippen molar-refractivity contribution in [3.05, 3.63) is 24.3 Å². The first-order valence-electron chi connectivity index (χ1n) is 7.08. The van der Waals surface area contributed by atoms with Gasteiger partial charge in [0.05, 0.1) is 11.0 Å². The van der Waals surface area contributed by atoms with E-state index in [1.54, 1.807) is 24.3 Å². The maximum atomic E-state index is 12.1. The number of nitrogens with zero attached hydrogens (tertiary/aromatic N) is 1. The lowest BCUT2D eigenvalue weighted by Gasteiger charge is -2.15. The molecule has 0 spiro atoms. The van der Waals surface area contributed by atoms with E-state index in [-0.39, 0.29) is 11.0 Å². The molecule has 0 unspecified atom stereocenters. The van der Waals surface area contributed by atoms with Crippen LogP contribution in [0.5, 0.6) is 0 Å². The minimum Gasteiger partial charge on any atom is -0.376 e. The summed E-state index contributed by atoms with van der Waals surface area (Å²) in [6.07, 6.45) is 2.31. The van der Waals surface area contributed by atoms with Crippen LogP contribution < -0.4 is 10.6 Å². The van der Waals surface area contributed by atoms with Gasteiger partial charge >= 0.3 is 0 Å². The van der Waals surface area contributed by atoms with Crippen molar-refractivity contribution in [1.82, 2.24) is 9.62 Å². The lowest BCUT2D eigenvalue weighted by atomic mass is 10.2. The molecule has 2 rings (SSSR count). The summed E-state index contributed by atoms with van der Waals surface area (Å²) in [5.74, 6) is 0. The third kappa shape index (κ3) is 4.39. The Bertz CT molecular complexity index is 626. The van der Waals surface area contributed by atoms with Crippen molar-refractivity contribution in [1.29, 1.82) is 0 Å². The van der Waals surface area contributed by atoms with Crippen LogP contribution in [-0.4, -0.2) is 51.2 Å². The summed E-state index contributed by atoms with van der Waals surface area (Å²) in [6.45, 7) is 1.46. The Morgan fingerprint density at radius 2 is 2.23 bits per heavy atom. The Kier molecular flexibility index (Phi) is 5.74. The van der Waals surface area contributed by atoms with Crippen LogP contribution in [0, 0.1) is 0 Å². The van der Waals surface area contributed by atoms with Gasteiger partial charge in [0.25, 0.3) is 0 Å². The van der Waals surface area contributed by atoms with Gasteiger partial charge in [-0.15, -0.1) is 0 Å². The van der Waals surface area contributed by atoms with E-state index >= 15 is 0 Å². The first-order valence-corrected chi connectivity index (χ1v) is 8.93. The third-order valence-corrected chi connectivity index (χ3v) is 5.44. The molecule has 1 aromatic carbocycles. The van der Waals surface area contributed by atoms with Crippen LogP contribution >= 0.6 is 12.2 Å². The summed E-state index contributed by atoms with van der Waals surface area (Å²) in [5, 5.41) is 6.54. The molecule has 1 aliphatic rings. The second kappa shape index (κ2) is 7.36. The number of benzene rings is 1. The van der Waals surface area contributed by atoms with Crippen LogP contribution in [0.15, 0.2) is 29.2 Å². The highest BCUT2D eigenvalue weighted by atomic mass is 32.2. The van der Waals surface area contributed by atoms with Gasteiger partial charge in [0.2, 0.25) is 10.0 Å². The largest absolute Gasteiger partial charge is 0.376 e. The molecule has 0 saturated carbocycles. The van der Waals surface area contributed by atoms with Gasteiger partial charge in [-0.1, -0.05) is 6.07 Å². The predicted molar refractivity (Wildman–Crippen MR) is 90.5 cm³/mol. The summed E-state index contributed by atoms with van der Waals surface area (Å²) in [6, 6.07) is 6.58. The van der Waals surface area contributed by atoms with Gasteiger partial charge in [-0.2, -0.15) is 0 Å². The highest BCUT2D eigenvalue weighted by Gasteiger charge is 2.18. The fourth-order valence-electron chi connectivity index (χ4n) is 2.13. The molecule has 0 bridgehead atoms. The lowest BCUT2D eigenvalue weighted by molar-refractivity contribution is 0.114. The second-order valence-electron chi connectivity index (χ2n) is 5.29. The maximum Gasteiger partial charge on any atom is 0.242 e. The number of ether oxygens (including phenoxy) is 1. The van der Waals surface area contributed by atoms with Crippen LogP contribution in [0.25, 0.3) is 0 Å². The zero-order valence-electron chi connectivity index (χ0n) is 12.7. The van der Waals surface area contributed by atoms with Gasteiger partial charge in [-0.25, -0.2) is 12.7 Å². The zero-order valence-corrected chi connectivity index (χ0v) is 14.3. The zero-order chi connectivity index (χ0) is 16.2. The first-order chi connectivity index (χ1) is 10.4. The minimum atomic E-state index is -3.45. The molecule has 0 aliphatic carbocycles. The summed E-state index contributed by atoms with van der Waals surface area (Å²) >= 11 is 5.22. The van der Waals surface area contributed by atoms with E-state index in [9.17, 15) is 8.42 Å². The number of hydrogen-bond donors (Lipinski definition) is 2. The SMILES string of the molecule is CN(C)S(=O)(=O)c1cccc(NC(=S)NC[C@H]2CCCO2)c1. The maximum absolute atomic E-state index is 12.1. The average Bonchev–Trinajstić information content (AvgIpc) is 2.98. The van der Waals surface area contributed by atoms with Gasteiger partial charge in [-0.05, 0) is 43.3 Å². The van der Waals surface area contributed by atoms with Crippen molar-refractivity contribution in [2.24, 2.45) is 0 Å². The smallest absolute Gasteiger partial charge is 0.242 e. The van der Waals surface area contributed by atoms with Crippen LogP contribution in [0.3, 0.4) is 0 Å². The fraction of sp³-hybridized carbons (Fsp3) is 0.500. The average molecular weight is 343 g/mol. The summed E-state index contributed by atoms with van der Waals surface area (Å²) < 4.78 is 30.9. The van der Waals surface area contributed by atoms with E-state index in [0.29, 0.717) is 17.3 Å². The van der Waals surface area contributed by atoms with E-state index in [1.165, 1.54) is 18.4 Å². The van der Waals surface area contributed by atoms with Crippen molar-refractivity contribution in [2.45, 2.75) is 23.8 Å². The van der Waals surface area contributed by atoms with E-state index < -0.39 is 10.0 Å². The number of sulfonamides is 1. The van der Waals surface area contributed by atoms with E-state index in [1.807, 2.05) is 0 Å². The van der Waals surface area contributed by atoms with Gasteiger partial charge in [-0.3, -0.25) is 0 Å². The number of thiocarbonyl (C=S) groups is 1. The lowest BCUT2D eigenvalue weighted by Crippen LogP contribution is -2.34. The van der Waals surface area contributed by atoms with Gasteiger partial charge in [0, 0.05) is 32.9 Å². The van der Waals surface area contributed by atoms with Gasteiger partial charge in [0.1, 0.15) is 0 Å². The van der Waals surface area contributed by atoms with Crippen molar-refractivity contribution in [3.63, 3.8) is 0 Å². The molecule has 1 saturated heterocycles. The molecule has 0 amide bonds. The number of anilines is 1. The molecule has 8 heteroatoms. The van der Waals surface area contributed by atoms with Crippen LogP contribution in [0.1, 0.15) is 12.8 Å². The first kappa shape index (κ1) is 17.1. The minimum absolute atomic E-state index is 0.195. The Hall–Kier alpha value is -1.22.